The van der Waals surface area contributed by atoms with Crippen molar-refractivity contribution in [2.75, 3.05) is 39.5 Å². The van der Waals surface area contributed by atoms with Crippen LogP contribution in [0.1, 0.15) is 68.2 Å². The van der Waals surface area contributed by atoms with Crippen molar-refractivity contribution < 1.29 is 56.8 Å². The molecule has 24 heteroatoms. The number of para-hydroxylation sites is 2. The summed E-state index contributed by atoms with van der Waals surface area (Å²) in [4.78, 5) is 49.4. The molecule has 23 nitrogen and oxygen atoms in total. The summed E-state index contributed by atoms with van der Waals surface area (Å²) < 4.78 is 61.5. The van der Waals surface area contributed by atoms with E-state index >= 15 is 0 Å². The van der Waals surface area contributed by atoms with Crippen LogP contribution in [0, 0.1) is 31.6 Å². The monoisotopic (exact) mass is 1110 g/mol. The number of nitro benzene ring substituents is 2. The Morgan fingerprint density at radius 1 is 0.787 bits per heavy atom. The summed E-state index contributed by atoms with van der Waals surface area (Å²) in [5, 5.41) is 35.9. The number of amides is 1. The summed E-state index contributed by atoms with van der Waals surface area (Å²) in [7, 11) is 1.17. The van der Waals surface area contributed by atoms with Crippen LogP contribution in [0.15, 0.2) is 140 Å². The molecular weight excluding hydrogens is 1050 g/mol. The zero-order chi connectivity index (χ0) is 56.8. The number of nitro groups is 2. The molecule has 2 aromatic heterocycles. The number of methoxy groups -OCH3 is 2. The highest BCUT2D eigenvalue weighted by molar-refractivity contribution is 7.44. The lowest BCUT2D eigenvalue weighted by Gasteiger charge is -2.39. The third kappa shape index (κ3) is 13.3. The minimum atomic E-state index is -2.01. The first-order valence-electron chi connectivity index (χ1n) is 25.4. The highest BCUT2D eigenvalue weighted by Gasteiger charge is 2.52. The lowest BCUT2D eigenvalue weighted by molar-refractivity contribution is -0.386. The van der Waals surface area contributed by atoms with Crippen molar-refractivity contribution in [3.63, 3.8) is 0 Å². The van der Waals surface area contributed by atoms with Gasteiger partial charge in [0.25, 0.3) is 19.9 Å². The number of rotatable bonds is 27. The normalized spacial score (nSPS) is 16.6. The Kier molecular flexibility index (Phi) is 19.8. The molecule has 1 aliphatic rings. The fraction of sp³-hybridized carbons (Fsp3) is 0.339. The van der Waals surface area contributed by atoms with E-state index in [2.05, 4.69) is 31.0 Å². The van der Waals surface area contributed by atoms with Crippen LogP contribution < -0.4 is 14.8 Å². The van der Waals surface area contributed by atoms with Gasteiger partial charge in [0, 0.05) is 24.2 Å². The molecule has 0 spiro atoms. The second kappa shape index (κ2) is 27.2. The first kappa shape index (κ1) is 58.1. The highest BCUT2D eigenvalue weighted by Crippen LogP contribution is 2.52. The van der Waals surface area contributed by atoms with Gasteiger partial charge in [-0.3, -0.25) is 30.1 Å². The predicted molar refractivity (Wildman–Crippen MR) is 292 cm³/mol. The van der Waals surface area contributed by atoms with Crippen molar-refractivity contribution >= 4 is 43.0 Å². The molecule has 80 heavy (non-hydrogen) atoms. The van der Waals surface area contributed by atoms with E-state index in [1.54, 1.807) is 43.1 Å². The molecule has 7 aromatic rings. The average Bonchev–Trinajstić information content (AvgIpc) is 4.07. The zero-order valence-electron chi connectivity index (χ0n) is 44.7. The fourth-order valence-corrected chi connectivity index (χ4v) is 11.1. The van der Waals surface area contributed by atoms with Crippen LogP contribution in [-0.4, -0.2) is 105 Å². The second-order valence-electron chi connectivity index (χ2n) is 18.6. The van der Waals surface area contributed by atoms with Crippen LogP contribution in [0.2, 0.25) is 0 Å². The third-order valence-electron chi connectivity index (χ3n) is 13.0. The number of carbonyl (C=O) groups excluding carboxylic acids is 1. The fourth-order valence-electron chi connectivity index (χ4n) is 9.36. The molecule has 5 atom stereocenters. The first-order valence-corrected chi connectivity index (χ1v) is 26.5. The molecule has 8 rings (SSSR count). The van der Waals surface area contributed by atoms with Gasteiger partial charge in [-0.1, -0.05) is 78.9 Å². The van der Waals surface area contributed by atoms with Gasteiger partial charge in [-0.05, 0) is 80.8 Å². The van der Waals surface area contributed by atoms with Gasteiger partial charge in [0.1, 0.15) is 55.1 Å². The average molecular weight is 1110 g/mol. The van der Waals surface area contributed by atoms with Gasteiger partial charge >= 0.3 is 6.09 Å². The minimum Gasteiger partial charge on any atom is -0.497 e. The minimum absolute atomic E-state index is 0.0381. The lowest BCUT2D eigenvalue weighted by Crippen LogP contribution is -2.43. The molecule has 0 bridgehead atoms. The maximum absolute atomic E-state index is 13.3. The van der Waals surface area contributed by atoms with E-state index in [9.17, 15) is 30.3 Å². The summed E-state index contributed by atoms with van der Waals surface area (Å²) in [5.41, 5.74) is 1.33. The molecule has 1 fully saturated rings. The molecule has 0 aliphatic carbocycles. The van der Waals surface area contributed by atoms with Gasteiger partial charge in [0.05, 0.1) is 73.8 Å². The molecule has 0 saturated carbocycles. The van der Waals surface area contributed by atoms with Gasteiger partial charge in [-0.2, -0.15) is 5.26 Å². The Morgan fingerprint density at radius 2 is 1.36 bits per heavy atom. The second-order valence-corrected chi connectivity index (χ2v) is 20.0. The number of nitrogens with zero attached hydrogens (tertiary/aromatic N) is 8. The third-order valence-corrected chi connectivity index (χ3v) is 15.1. The van der Waals surface area contributed by atoms with E-state index in [-0.39, 0.29) is 72.2 Å². The first-order chi connectivity index (χ1) is 38.8. The van der Waals surface area contributed by atoms with Gasteiger partial charge in [0.15, 0.2) is 23.2 Å². The summed E-state index contributed by atoms with van der Waals surface area (Å²) in [6, 6.07) is 38.8. The Balaban J connectivity index is 1.23. The van der Waals surface area contributed by atoms with Crippen molar-refractivity contribution in [3.05, 3.63) is 188 Å². The summed E-state index contributed by atoms with van der Waals surface area (Å²) in [5.74, 6) is 1.20. The Bertz CT molecular complexity index is 3180. The van der Waals surface area contributed by atoms with Gasteiger partial charge in [0.2, 0.25) is 0 Å². The van der Waals surface area contributed by atoms with Gasteiger partial charge < -0.3 is 42.2 Å². The van der Waals surface area contributed by atoms with Crippen LogP contribution in [0.4, 0.5) is 22.0 Å². The van der Waals surface area contributed by atoms with Crippen molar-refractivity contribution in [2.24, 2.45) is 0 Å². The van der Waals surface area contributed by atoms with Crippen molar-refractivity contribution in [1.82, 2.24) is 24.2 Å². The number of fused-ring (bicyclic) bond motifs is 1. The largest absolute Gasteiger partial charge is 0.497 e. The predicted octanol–water partition coefficient (Wildman–Crippen LogP) is 10.5. The van der Waals surface area contributed by atoms with Crippen LogP contribution in [0.3, 0.4) is 0 Å². The van der Waals surface area contributed by atoms with Crippen molar-refractivity contribution in [3.8, 4) is 17.6 Å². The zero-order valence-corrected chi connectivity index (χ0v) is 45.6. The molecule has 1 unspecified atom stereocenters. The van der Waals surface area contributed by atoms with E-state index in [0.29, 0.717) is 17.1 Å². The lowest BCUT2D eigenvalue weighted by atomic mass is 9.80. The van der Waals surface area contributed by atoms with Gasteiger partial charge in [-0.15, -0.1) is 0 Å². The van der Waals surface area contributed by atoms with Crippen LogP contribution in [0.25, 0.3) is 11.2 Å². The van der Waals surface area contributed by atoms with E-state index in [1.165, 1.54) is 36.9 Å². The number of imidazole rings is 1. The Hall–Kier alpha value is -8.04. The van der Waals surface area contributed by atoms with E-state index < -0.39 is 68.0 Å². The molecule has 0 radical (unpaired) electrons. The molecule has 1 aliphatic heterocycles. The number of aromatic nitrogens is 4. The maximum Gasteiger partial charge on any atom is 0.413 e. The van der Waals surface area contributed by atoms with Crippen molar-refractivity contribution in [1.29, 1.82) is 5.26 Å². The van der Waals surface area contributed by atoms with E-state index in [1.807, 2.05) is 107 Å². The summed E-state index contributed by atoms with van der Waals surface area (Å²) in [6.45, 7) is 6.84. The molecule has 1 amide bonds. The Morgan fingerprint density at radius 3 is 1.94 bits per heavy atom. The topological polar surface area (TPSA) is 269 Å². The number of nitriles is 1. The number of hydrogen-bond acceptors (Lipinski definition) is 19. The standard InChI is InChI=1S/C56H60N9O14P/c1-37(2)63(38(3)4)80(77-30-14-29-57)79-50-48(33-76-56(41-17-8-7-9-18-41,42-21-25-44(71-5)26-22-42)43-23-27-45(72-6)28-24-43)78-54(51(50)75-36-73-31-39-15-10-12-19-46(39)64(67)68)62-35-60-49-52(58-34-59-53(49)62)61-55(66)74-32-40-16-11-13-20-47(40)65(69)70/h7-13,15-28,34-35,37-38,48,50-51,54H,14,30-33,36H2,1-6H3,(H,58,59,61,66)/t48-,50-,51-,54-,80?/m1/s1. The number of ether oxygens (including phenoxy) is 7. The Labute approximate surface area is 462 Å². The number of nitrogens with one attached hydrogen (secondary N) is 1. The van der Waals surface area contributed by atoms with Crippen LogP contribution in [-0.2, 0) is 51.5 Å². The van der Waals surface area contributed by atoms with E-state index in [0.717, 1.165) is 16.7 Å². The SMILES string of the molecule is COc1ccc(C(OC[C@H]2O[C@@H](n3cnc4c(NC(=O)OCc5ccccc5[N+](=O)[O-])ncnc43)[C@H](OCOCc3ccccc3[N+](=O)[O-])[C@@H]2OP(OCCC#N)N(C(C)C)C(C)C)(c2ccccc2)c2ccc(OC)cc2)cc1. The number of hydrogen-bond donors (Lipinski definition) is 1. The molecule has 5 aromatic carbocycles. The number of carbonyl (C=O) groups is 1. The van der Waals surface area contributed by atoms with Crippen LogP contribution >= 0.6 is 8.53 Å². The molecule has 1 N–H and O–H groups in total. The van der Waals surface area contributed by atoms with E-state index in [4.69, 9.17) is 42.2 Å². The number of anilines is 1. The van der Waals surface area contributed by atoms with Crippen molar-refractivity contribution in [2.45, 2.75) is 89.6 Å². The maximum atomic E-state index is 13.3. The van der Waals surface area contributed by atoms with Crippen LogP contribution in [0.5, 0.6) is 11.5 Å². The quantitative estimate of drug-likeness (QED) is 0.0125. The summed E-state index contributed by atoms with van der Waals surface area (Å²) in [6.07, 6.45) is -2.68. The summed E-state index contributed by atoms with van der Waals surface area (Å²) >= 11 is 0. The molecule has 3 heterocycles. The van der Waals surface area contributed by atoms with Gasteiger partial charge in [-0.25, -0.2) is 24.4 Å². The molecule has 1 saturated heterocycles. The molecular formula is C56H60N9O14P. The highest BCUT2D eigenvalue weighted by atomic mass is 31.2. The number of benzene rings is 5. The molecule has 418 valence electrons. The smallest absolute Gasteiger partial charge is 0.413 e.